The fraction of sp³-hybridized carbons (Fsp3) is 0.125. The van der Waals surface area contributed by atoms with Crippen molar-refractivity contribution in [1.82, 2.24) is 0 Å². The molecule has 0 N–H and O–H groups in total. The molecule has 1 nitrogen and oxygen atoms in total. The van der Waals surface area contributed by atoms with Crippen LogP contribution in [0.5, 0.6) is 0 Å². The summed E-state index contributed by atoms with van der Waals surface area (Å²) in [5.74, 6) is -3.75. The normalized spacial score (nSPS) is 12.6. The molecule has 0 fully saturated rings. The minimum Gasteiger partial charge on any atom is -0.279 e. The van der Waals surface area contributed by atoms with Crippen molar-refractivity contribution in [3.63, 3.8) is 0 Å². The summed E-state index contributed by atoms with van der Waals surface area (Å²) < 4.78 is 38.0. The van der Waals surface area contributed by atoms with Gasteiger partial charge >= 0.3 is 0 Å². The summed E-state index contributed by atoms with van der Waals surface area (Å²) in [4.78, 5) is 10.5. The molecule has 6 heteroatoms. The Balaban J connectivity index is 3.22. The number of hydrogen-bond acceptors (Lipinski definition) is 1. The van der Waals surface area contributed by atoms with E-state index in [1.54, 1.807) is 0 Å². The van der Waals surface area contributed by atoms with Gasteiger partial charge in [-0.15, -0.1) is 11.6 Å². The Morgan fingerprint density at radius 1 is 1.14 bits per heavy atom. The first-order chi connectivity index (χ1) is 6.43. The Hall–Kier alpha value is -0.740. The third-order valence-electron chi connectivity index (χ3n) is 1.51. The van der Waals surface area contributed by atoms with E-state index in [1.165, 1.54) is 0 Å². The molecule has 0 radical (unpaired) electrons. The molecule has 0 spiro atoms. The number of alkyl halides is 1. The molecule has 0 amide bonds. The van der Waals surface area contributed by atoms with Gasteiger partial charge < -0.3 is 0 Å². The first kappa shape index (κ1) is 11.3. The topological polar surface area (TPSA) is 17.1 Å². The number of rotatable bonds is 2. The second kappa shape index (κ2) is 4.19. The van der Waals surface area contributed by atoms with Crippen LogP contribution in [-0.4, -0.2) is 5.24 Å². The van der Waals surface area contributed by atoms with Crippen LogP contribution in [0, 0.1) is 17.5 Å². The molecule has 1 aromatic rings. The van der Waals surface area contributed by atoms with Gasteiger partial charge in [0.25, 0.3) is 0 Å². The van der Waals surface area contributed by atoms with Crippen molar-refractivity contribution in [3.05, 3.63) is 35.1 Å². The molecule has 1 rings (SSSR count). The van der Waals surface area contributed by atoms with Gasteiger partial charge in [-0.05, 0) is 17.7 Å². The van der Waals surface area contributed by atoms with Gasteiger partial charge in [0.05, 0.1) is 0 Å². The number of carbonyl (C=O) groups excluding carboxylic acids is 1. The highest BCUT2D eigenvalue weighted by molar-refractivity contribution is 6.68. The van der Waals surface area contributed by atoms with E-state index in [-0.39, 0.29) is 0 Å². The molecule has 14 heavy (non-hydrogen) atoms. The highest BCUT2D eigenvalue weighted by Gasteiger charge is 2.21. The van der Waals surface area contributed by atoms with Gasteiger partial charge in [-0.2, -0.15) is 0 Å². The highest BCUT2D eigenvalue weighted by Crippen LogP contribution is 2.27. The highest BCUT2D eigenvalue weighted by atomic mass is 35.5. The average molecular weight is 243 g/mol. The van der Waals surface area contributed by atoms with E-state index in [4.69, 9.17) is 23.2 Å². The van der Waals surface area contributed by atoms with Crippen molar-refractivity contribution in [2.24, 2.45) is 0 Å². The molecular formula is C8H3Cl2F3O. The van der Waals surface area contributed by atoms with Crippen molar-refractivity contribution in [3.8, 4) is 0 Å². The van der Waals surface area contributed by atoms with E-state index in [1.807, 2.05) is 0 Å². The fourth-order valence-electron chi connectivity index (χ4n) is 0.854. The molecule has 1 aromatic carbocycles. The van der Waals surface area contributed by atoms with Crippen LogP contribution in [0.2, 0.25) is 0 Å². The summed E-state index contributed by atoms with van der Waals surface area (Å²) in [6, 6.07) is 0.808. The maximum atomic E-state index is 12.9. The van der Waals surface area contributed by atoms with E-state index >= 15 is 0 Å². The van der Waals surface area contributed by atoms with E-state index in [2.05, 4.69) is 0 Å². The van der Waals surface area contributed by atoms with Crippen LogP contribution in [0.1, 0.15) is 10.9 Å². The molecular weight excluding hydrogens is 240 g/mol. The molecule has 76 valence electrons. The summed E-state index contributed by atoms with van der Waals surface area (Å²) >= 11 is 10.3. The Morgan fingerprint density at radius 3 is 2.14 bits per heavy atom. The largest absolute Gasteiger partial charge is 0.279 e. The third-order valence-corrected chi connectivity index (χ3v) is 2.28. The Labute approximate surface area is 87.4 Å². The predicted molar refractivity (Wildman–Crippen MR) is 45.8 cm³/mol. The second-order valence-corrected chi connectivity index (χ2v) is 3.26. The van der Waals surface area contributed by atoms with Gasteiger partial charge in [-0.25, -0.2) is 13.2 Å². The summed E-state index contributed by atoms with van der Waals surface area (Å²) in [5, 5.41) is -2.58. The quantitative estimate of drug-likeness (QED) is 0.443. The van der Waals surface area contributed by atoms with Gasteiger partial charge in [0.15, 0.2) is 11.6 Å². The Morgan fingerprint density at radius 2 is 1.64 bits per heavy atom. The van der Waals surface area contributed by atoms with Gasteiger partial charge in [-0.3, -0.25) is 4.79 Å². The van der Waals surface area contributed by atoms with Gasteiger partial charge in [-0.1, -0.05) is 0 Å². The van der Waals surface area contributed by atoms with Crippen molar-refractivity contribution in [2.45, 2.75) is 5.38 Å². The van der Waals surface area contributed by atoms with Crippen molar-refractivity contribution in [1.29, 1.82) is 0 Å². The maximum Gasteiger partial charge on any atom is 0.244 e. The predicted octanol–water partition coefficient (Wildman–Crippen LogP) is 3.15. The average Bonchev–Trinajstić information content (AvgIpc) is 2.10. The van der Waals surface area contributed by atoms with Crippen molar-refractivity contribution in [2.75, 3.05) is 0 Å². The van der Waals surface area contributed by atoms with E-state index in [9.17, 15) is 18.0 Å². The van der Waals surface area contributed by atoms with Crippen LogP contribution in [0.25, 0.3) is 0 Å². The first-order valence-electron chi connectivity index (χ1n) is 3.41. The molecule has 0 aromatic heterocycles. The van der Waals surface area contributed by atoms with Crippen LogP contribution in [0.15, 0.2) is 12.1 Å². The van der Waals surface area contributed by atoms with Gasteiger partial charge in [0.1, 0.15) is 11.2 Å². The smallest absolute Gasteiger partial charge is 0.244 e. The summed E-state index contributed by atoms with van der Waals surface area (Å²) in [5.41, 5.74) is -0.481. The van der Waals surface area contributed by atoms with Crippen LogP contribution in [-0.2, 0) is 4.79 Å². The molecule has 0 saturated carbocycles. The molecule has 0 aliphatic carbocycles. The Kier molecular flexibility index (Phi) is 3.39. The first-order valence-corrected chi connectivity index (χ1v) is 4.22. The SMILES string of the molecule is O=C(Cl)C(Cl)c1cc(F)c(F)cc1F. The zero-order valence-electron chi connectivity index (χ0n) is 6.53. The second-order valence-electron chi connectivity index (χ2n) is 2.45. The summed E-state index contributed by atoms with van der Waals surface area (Å²) in [6.07, 6.45) is 0. The summed E-state index contributed by atoms with van der Waals surface area (Å²) in [6.45, 7) is 0. The lowest BCUT2D eigenvalue weighted by molar-refractivity contribution is -0.111. The molecule has 0 heterocycles. The molecule has 0 bridgehead atoms. The number of halogens is 5. The molecule has 1 atom stereocenters. The molecule has 1 unspecified atom stereocenters. The number of carbonyl (C=O) groups is 1. The fourth-order valence-corrected chi connectivity index (χ4v) is 1.14. The van der Waals surface area contributed by atoms with Gasteiger partial charge in [0, 0.05) is 11.6 Å². The number of hydrogen-bond donors (Lipinski definition) is 0. The van der Waals surface area contributed by atoms with E-state index in [0.29, 0.717) is 12.1 Å². The number of benzene rings is 1. The Bertz CT molecular complexity index is 381. The molecule has 0 saturated heterocycles. The van der Waals surface area contributed by atoms with E-state index < -0.39 is 33.6 Å². The maximum absolute atomic E-state index is 12.9. The van der Waals surface area contributed by atoms with Crippen molar-refractivity contribution < 1.29 is 18.0 Å². The lowest BCUT2D eigenvalue weighted by Crippen LogP contribution is -2.04. The lowest BCUT2D eigenvalue weighted by Gasteiger charge is -2.06. The zero-order valence-corrected chi connectivity index (χ0v) is 8.04. The lowest BCUT2D eigenvalue weighted by atomic mass is 10.1. The van der Waals surface area contributed by atoms with Crippen LogP contribution in [0.3, 0.4) is 0 Å². The third kappa shape index (κ3) is 2.19. The molecule has 0 aliphatic heterocycles. The summed E-state index contributed by atoms with van der Waals surface area (Å²) in [7, 11) is 0. The van der Waals surface area contributed by atoms with Crippen LogP contribution < -0.4 is 0 Å². The molecule has 0 aliphatic rings. The van der Waals surface area contributed by atoms with Crippen LogP contribution in [0.4, 0.5) is 13.2 Å². The van der Waals surface area contributed by atoms with Crippen molar-refractivity contribution >= 4 is 28.4 Å². The van der Waals surface area contributed by atoms with E-state index in [0.717, 1.165) is 0 Å². The standard InChI is InChI=1S/C8H3Cl2F3O/c9-7(8(10)14)3-1-5(12)6(13)2-4(3)11/h1-2,7H. The minimum absolute atomic E-state index is 0.305. The van der Waals surface area contributed by atoms with Gasteiger partial charge in [0.2, 0.25) is 5.24 Å². The zero-order chi connectivity index (χ0) is 10.9. The monoisotopic (exact) mass is 242 g/mol. The van der Waals surface area contributed by atoms with Crippen LogP contribution >= 0.6 is 23.2 Å². The minimum atomic E-state index is -1.52.